The van der Waals surface area contributed by atoms with Crippen LogP contribution >= 0.6 is 0 Å². The molecule has 1 aliphatic heterocycles. The molecular weight excluding hydrogens is 524 g/mol. The average molecular weight is 575 g/mol. The molecule has 1 saturated heterocycles. The summed E-state index contributed by atoms with van der Waals surface area (Å²) in [7, 11) is 0. The van der Waals surface area contributed by atoms with Gasteiger partial charge in [-0.15, -0.1) is 5.92 Å². The van der Waals surface area contributed by atoms with Crippen LogP contribution in [0, 0.1) is 41.4 Å². The normalized spacial score (nSPS) is 25.9. The minimum Gasteiger partial charge on any atom is -0.385 e. The Hall–Kier alpha value is -2.89. The molecule has 8 nitrogen and oxygen atoms in total. The van der Waals surface area contributed by atoms with Gasteiger partial charge >= 0.3 is 0 Å². The fraction of sp³-hybridized carbons (Fsp3) is 0.676. The molecule has 0 spiro atoms. The van der Waals surface area contributed by atoms with Crippen LogP contribution in [0.5, 0.6) is 0 Å². The van der Waals surface area contributed by atoms with E-state index in [0.29, 0.717) is 49.7 Å². The molecule has 5 atom stereocenters. The summed E-state index contributed by atoms with van der Waals surface area (Å²) in [6, 6.07) is 4.18. The van der Waals surface area contributed by atoms with Crippen LogP contribution in [0.3, 0.4) is 0 Å². The molecule has 0 bridgehead atoms. The van der Waals surface area contributed by atoms with Gasteiger partial charge in [0, 0.05) is 30.3 Å². The predicted molar refractivity (Wildman–Crippen MR) is 168 cm³/mol. The zero-order chi connectivity index (χ0) is 29.9. The van der Waals surface area contributed by atoms with Crippen molar-refractivity contribution in [2.75, 3.05) is 24.7 Å². The third-order valence-electron chi connectivity index (χ3n) is 10.5. The summed E-state index contributed by atoms with van der Waals surface area (Å²) < 4.78 is 7.48. The maximum absolute atomic E-state index is 12.2. The minimum atomic E-state index is -0.947. The fourth-order valence-electron chi connectivity index (χ4n) is 6.99. The zero-order valence-corrected chi connectivity index (χ0v) is 26.4. The standard InChI is InChI=1S/C34H50N6O2/c1-7-23(3)25(5)26(6)28(8-2)11-9-10-27-12-15-34(41,16-13-27)30-20-32(39-18-19-42-22-24(39)4)37-33-29(30)21-36-40(33)31-14-17-35-38-31/h14,17,20-21,23-28,41H,7-8,11-13,15-16,18-19,22H2,1-6H3,(H,35,38)/t23?,24-,25?,26?,27?,28?,34?/m1/s1. The lowest BCUT2D eigenvalue weighted by Gasteiger charge is -2.38. The summed E-state index contributed by atoms with van der Waals surface area (Å²) in [4.78, 5) is 7.35. The highest BCUT2D eigenvalue weighted by atomic mass is 16.5. The van der Waals surface area contributed by atoms with Crippen LogP contribution in [0.1, 0.15) is 92.1 Å². The van der Waals surface area contributed by atoms with E-state index in [1.165, 1.54) is 12.8 Å². The van der Waals surface area contributed by atoms with E-state index in [-0.39, 0.29) is 6.04 Å². The Bertz CT molecular complexity index is 1360. The van der Waals surface area contributed by atoms with E-state index in [0.717, 1.165) is 60.0 Å². The number of nitrogens with zero attached hydrogens (tertiary/aromatic N) is 5. The third-order valence-corrected chi connectivity index (χ3v) is 10.5. The van der Waals surface area contributed by atoms with Gasteiger partial charge in [-0.3, -0.25) is 5.10 Å². The highest BCUT2D eigenvalue weighted by Crippen LogP contribution is 2.43. The second kappa shape index (κ2) is 13.2. The van der Waals surface area contributed by atoms with Crippen molar-refractivity contribution in [1.29, 1.82) is 0 Å². The fourth-order valence-corrected chi connectivity index (χ4v) is 6.99. The van der Waals surface area contributed by atoms with E-state index in [4.69, 9.17) is 9.72 Å². The van der Waals surface area contributed by atoms with Crippen molar-refractivity contribution in [3.05, 3.63) is 30.1 Å². The van der Waals surface area contributed by atoms with Gasteiger partial charge in [-0.2, -0.15) is 14.9 Å². The van der Waals surface area contributed by atoms with Gasteiger partial charge in [-0.1, -0.05) is 53.4 Å². The first-order valence-corrected chi connectivity index (χ1v) is 16.2. The smallest absolute Gasteiger partial charge is 0.167 e. The highest BCUT2D eigenvalue weighted by Gasteiger charge is 2.38. The summed E-state index contributed by atoms with van der Waals surface area (Å²) >= 11 is 0. The third kappa shape index (κ3) is 6.23. The molecular formula is C34H50N6O2. The molecule has 5 rings (SSSR count). The molecule has 0 amide bonds. The van der Waals surface area contributed by atoms with Crippen LogP contribution in [0.15, 0.2) is 24.5 Å². The van der Waals surface area contributed by atoms with E-state index < -0.39 is 5.60 Å². The lowest BCUT2D eigenvalue weighted by Crippen LogP contribution is -2.44. The Morgan fingerprint density at radius 1 is 1.17 bits per heavy atom. The first-order chi connectivity index (χ1) is 20.3. The van der Waals surface area contributed by atoms with Gasteiger partial charge in [-0.05, 0) is 67.9 Å². The Balaban J connectivity index is 1.36. The zero-order valence-electron chi connectivity index (χ0n) is 26.4. The van der Waals surface area contributed by atoms with E-state index in [2.05, 4.69) is 79.6 Å². The molecule has 0 radical (unpaired) electrons. The molecule has 4 heterocycles. The van der Waals surface area contributed by atoms with Gasteiger partial charge in [0.25, 0.3) is 0 Å². The molecule has 8 heteroatoms. The van der Waals surface area contributed by atoms with Crippen molar-refractivity contribution in [3.63, 3.8) is 0 Å². The molecule has 2 fully saturated rings. The molecule has 2 aliphatic rings. The number of rotatable bonds is 9. The summed E-state index contributed by atoms with van der Waals surface area (Å²) in [5.41, 5.74) is 0.696. The lowest BCUT2D eigenvalue weighted by atomic mass is 9.74. The summed E-state index contributed by atoms with van der Waals surface area (Å²) in [6.45, 7) is 16.1. The largest absolute Gasteiger partial charge is 0.385 e. The molecule has 2 N–H and O–H groups in total. The van der Waals surface area contributed by atoms with Gasteiger partial charge in [-0.25, -0.2) is 4.98 Å². The number of aliphatic hydroxyl groups is 1. The van der Waals surface area contributed by atoms with Crippen molar-refractivity contribution >= 4 is 16.9 Å². The number of anilines is 1. The number of hydrogen-bond acceptors (Lipinski definition) is 6. The number of hydrogen-bond donors (Lipinski definition) is 2. The van der Waals surface area contributed by atoms with Crippen molar-refractivity contribution in [3.8, 4) is 17.7 Å². The number of aromatic nitrogens is 5. The van der Waals surface area contributed by atoms with Crippen LogP contribution < -0.4 is 4.90 Å². The quantitative estimate of drug-likeness (QED) is 0.284. The van der Waals surface area contributed by atoms with E-state index in [9.17, 15) is 5.11 Å². The maximum atomic E-state index is 12.2. The first kappa shape index (κ1) is 30.6. The molecule has 228 valence electrons. The highest BCUT2D eigenvalue weighted by molar-refractivity contribution is 5.83. The monoisotopic (exact) mass is 574 g/mol. The van der Waals surface area contributed by atoms with Crippen molar-refractivity contribution in [2.45, 2.75) is 98.1 Å². The molecule has 3 aromatic rings. The predicted octanol–water partition coefficient (Wildman–Crippen LogP) is 6.48. The first-order valence-electron chi connectivity index (χ1n) is 16.2. The maximum Gasteiger partial charge on any atom is 0.167 e. The number of H-pyrrole nitrogens is 1. The van der Waals surface area contributed by atoms with Crippen LogP contribution in [0.25, 0.3) is 16.9 Å². The van der Waals surface area contributed by atoms with Crippen LogP contribution in [0.4, 0.5) is 5.82 Å². The SMILES string of the molecule is CCC(C)C(C)C(C)C(CC)CC#CC1CCC(O)(c2cc(N3CCOC[C@H]3C)nc3c2cnn3-c2ccn[nH]2)CC1. The van der Waals surface area contributed by atoms with Gasteiger partial charge < -0.3 is 14.7 Å². The lowest BCUT2D eigenvalue weighted by molar-refractivity contribution is -0.00663. The van der Waals surface area contributed by atoms with Crippen molar-refractivity contribution in [1.82, 2.24) is 25.0 Å². The van der Waals surface area contributed by atoms with Gasteiger partial charge in [0.2, 0.25) is 0 Å². The molecule has 4 unspecified atom stereocenters. The molecule has 1 aliphatic carbocycles. The van der Waals surface area contributed by atoms with Gasteiger partial charge in [0.1, 0.15) is 5.82 Å². The second-order valence-corrected chi connectivity index (χ2v) is 13.0. The van der Waals surface area contributed by atoms with Crippen LogP contribution in [0.2, 0.25) is 0 Å². The summed E-state index contributed by atoms with van der Waals surface area (Å²) in [5.74, 6) is 11.9. The minimum absolute atomic E-state index is 0.198. The number of nitrogens with one attached hydrogen (secondary N) is 1. The second-order valence-electron chi connectivity index (χ2n) is 13.0. The summed E-state index contributed by atoms with van der Waals surface area (Å²) in [6.07, 6.45) is 10.1. The number of morpholine rings is 1. The molecule has 42 heavy (non-hydrogen) atoms. The number of ether oxygens (including phenoxy) is 1. The van der Waals surface area contributed by atoms with Gasteiger partial charge in [0.05, 0.1) is 37.3 Å². The van der Waals surface area contributed by atoms with Crippen molar-refractivity contribution < 1.29 is 9.84 Å². The van der Waals surface area contributed by atoms with Crippen molar-refractivity contribution in [2.24, 2.45) is 29.6 Å². The Morgan fingerprint density at radius 2 is 1.95 bits per heavy atom. The number of aromatic amines is 1. The van der Waals surface area contributed by atoms with Crippen LogP contribution in [-0.2, 0) is 10.3 Å². The molecule has 0 aromatic carbocycles. The molecule has 1 saturated carbocycles. The van der Waals surface area contributed by atoms with E-state index >= 15 is 0 Å². The Labute approximate surface area is 251 Å². The van der Waals surface area contributed by atoms with Crippen LogP contribution in [-0.4, -0.2) is 55.9 Å². The number of fused-ring (bicyclic) bond motifs is 1. The average Bonchev–Trinajstić information content (AvgIpc) is 3.69. The Morgan fingerprint density at radius 3 is 2.62 bits per heavy atom. The summed E-state index contributed by atoms with van der Waals surface area (Å²) in [5, 5.41) is 24.8. The number of pyridine rings is 1. The van der Waals surface area contributed by atoms with E-state index in [1.807, 2.05) is 12.3 Å². The topological polar surface area (TPSA) is 92.1 Å². The van der Waals surface area contributed by atoms with Gasteiger partial charge in [0.15, 0.2) is 11.5 Å². The Kier molecular flexibility index (Phi) is 9.59. The van der Waals surface area contributed by atoms with E-state index in [1.54, 1.807) is 10.9 Å². The molecule has 3 aromatic heterocycles.